The third-order valence-electron chi connectivity index (χ3n) is 5.55. The summed E-state index contributed by atoms with van der Waals surface area (Å²) < 4.78 is 7.33. The molecule has 1 amide bonds. The van der Waals surface area contributed by atoms with Crippen LogP contribution in [0.25, 0.3) is 5.69 Å². The van der Waals surface area contributed by atoms with Gasteiger partial charge in [0.1, 0.15) is 11.6 Å². The molecule has 0 spiro atoms. The van der Waals surface area contributed by atoms with E-state index in [1.54, 1.807) is 18.9 Å². The number of benzene rings is 3. The SMILES string of the molecule is COc1ccc(NC(=O)c2ccc(CSc3nnc(C4CC4)n3-c3ccccc3)cc2)cc1. The van der Waals surface area contributed by atoms with Crippen LogP contribution in [0.4, 0.5) is 5.69 Å². The van der Waals surface area contributed by atoms with Gasteiger partial charge < -0.3 is 10.1 Å². The minimum atomic E-state index is -0.141. The molecular formula is C26H24N4O2S. The minimum absolute atomic E-state index is 0.141. The molecule has 7 heteroatoms. The largest absolute Gasteiger partial charge is 0.497 e. The number of amides is 1. The number of rotatable bonds is 8. The number of hydrogen-bond donors (Lipinski definition) is 1. The standard InChI is InChI=1S/C26H24N4O2S/c1-32-23-15-13-21(14-16-23)27-25(31)20-9-7-18(8-10-20)17-33-26-29-28-24(19-11-12-19)30(26)22-5-3-2-4-6-22/h2-10,13-16,19H,11-12,17H2,1H3,(H,27,31). The Bertz CT molecular complexity index is 1230. The van der Waals surface area contributed by atoms with E-state index in [-0.39, 0.29) is 5.91 Å². The van der Waals surface area contributed by atoms with Crippen LogP contribution in [-0.4, -0.2) is 27.8 Å². The van der Waals surface area contributed by atoms with E-state index < -0.39 is 0 Å². The van der Waals surface area contributed by atoms with Crippen molar-refractivity contribution in [2.45, 2.75) is 29.7 Å². The summed E-state index contributed by atoms with van der Waals surface area (Å²) in [6.45, 7) is 0. The molecule has 1 N–H and O–H groups in total. The molecule has 1 saturated carbocycles. The number of ether oxygens (including phenoxy) is 1. The summed E-state index contributed by atoms with van der Waals surface area (Å²) in [6, 6.07) is 25.2. The molecule has 1 aliphatic rings. The predicted molar refractivity (Wildman–Crippen MR) is 130 cm³/mol. The molecule has 4 aromatic rings. The van der Waals surface area contributed by atoms with E-state index in [1.165, 1.54) is 12.8 Å². The first kappa shape index (κ1) is 21.3. The highest BCUT2D eigenvalue weighted by Crippen LogP contribution is 2.41. The maximum atomic E-state index is 12.6. The number of hydrogen-bond acceptors (Lipinski definition) is 5. The van der Waals surface area contributed by atoms with Crippen LogP contribution in [0, 0.1) is 0 Å². The van der Waals surface area contributed by atoms with Gasteiger partial charge in [0.15, 0.2) is 5.16 Å². The van der Waals surface area contributed by atoms with Gasteiger partial charge in [-0.05, 0) is 66.9 Å². The van der Waals surface area contributed by atoms with Gasteiger partial charge in [-0.15, -0.1) is 10.2 Å². The van der Waals surface area contributed by atoms with Crippen LogP contribution in [0.2, 0.25) is 0 Å². The van der Waals surface area contributed by atoms with Crippen molar-refractivity contribution in [3.8, 4) is 11.4 Å². The molecule has 1 heterocycles. The van der Waals surface area contributed by atoms with E-state index >= 15 is 0 Å². The molecular weight excluding hydrogens is 432 g/mol. The van der Waals surface area contributed by atoms with Crippen LogP contribution in [0.5, 0.6) is 5.75 Å². The quantitative estimate of drug-likeness (QED) is 0.345. The summed E-state index contributed by atoms with van der Waals surface area (Å²) in [7, 11) is 1.62. The molecule has 0 radical (unpaired) electrons. The molecule has 0 saturated heterocycles. The van der Waals surface area contributed by atoms with Gasteiger partial charge in [0, 0.05) is 28.6 Å². The number of nitrogens with zero attached hydrogens (tertiary/aromatic N) is 3. The molecule has 0 atom stereocenters. The lowest BCUT2D eigenvalue weighted by molar-refractivity contribution is 0.102. The smallest absolute Gasteiger partial charge is 0.255 e. The maximum absolute atomic E-state index is 12.6. The van der Waals surface area contributed by atoms with Crippen LogP contribution in [-0.2, 0) is 5.75 Å². The Labute approximate surface area is 197 Å². The third-order valence-corrected chi connectivity index (χ3v) is 6.55. The predicted octanol–water partition coefficient (Wildman–Crippen LogP) is 5.70. The van der Waals surface area contributed by atoms with E-state index in [0.717, 1.165) is 39.4 Å². The van der Waals surface area contributed by atoms with E-state index in [4.69, 9.17) is 4.74 Å². The lowest BCUT2D eigenvalue weighted by Crippen LogP contribution is -2.11. The van der Waals surface area contributed by atoms with Crippen molar-refractivity contribution in [3.05, 3.63) is 95.8 Å². The summed E-state index contributed by atoms with van der Waals surface area (Å²) in [5.41, 5.74) is 3.56. The van der Waals surface area contributed by atoms with Crippen molar-refractivity contribution in [2.24, 2.45) is 0 Å². The van der Waals surface area contributed by atoms with Crippen molar-refractivity contribution in [1.29, 1.82) is 0 Å². The molecule has 3 aromatic carbocycles. The van der Waals surface area contributed by atoms with Gasteiger partial charge in [0.2, 0.25) is 0 Å². The second-order valence-electron chi connectivity index (χ2n) is 7.95. The van der Waals surface area contributed by atoms with Gasteiger partial charge in [0.25, 0.3) is 5.91 Å². The summed E-state index contributed by atoms with van der Waals surface area (Å²) in [5, 5.41) is 12.8. The molecule has 1 aromatic heterocycles. The van der Waals surface area contributed by atoms with Crippen molar-refractivity contribution in [1.82, 2.24) is 14.8 Å². The van der Waals surface area contributed by atoms with Gasteiger partial charge in [-0.2, -0.15) is 0 Å². The molecule has 1 aliphatic carbocycles. The highest BCUT2D eigenvalue weighted by molar-refractivity contribution is 7.98. The number of carbonyl (C=O) groups excluding carboxylic acids is 1. The van der Waals surface area contributed by atoms with Gasteiger partial charge in [-0.3, -0.25) is 9.36 Å². The number of para-hydroxylation sites is 1. The first-order valence-electron chi connectivity index (χ1n) is 10.9. The molecule has 1 fully saturated rings. The Balaban J connectivity index is 1.25. The topological polar surface area (TPSA) is 69.0 Å². The maximum Gasteiger partial charge on any atom is 0.255 e. The summed E-state index contributed by atoms with van der Waals surface area (Å²) >= 11 is 1.66. The molecule has 6 nitrogen and oxygen atoms in total. The van der Waals surface area contributed by atoms with Crippen LogP contribution < -0.4 is 10.1 Å². The number of thioether (sulfide) groups is 1. The number of anilines is 1. The Morgan fingerprint density at radius 2 is 1.73 bits per heavy atom. The molecule has 5 rings (SSSR count). The highest BCUT2D eigenvalue weighted by atomic mass is 32.2. The number of methoxy groups -OCH3 is 1. The lowest BCUT2D eigenvalue weighted by atomic mass is 10.1. The van der Waals surface area contributed by atoms with E-state index in [2.05, 4.69) is 32.2 Å². The zero-order chi connectivity index (χ0) is 22.6. The van der Waals surface area contributed by atoms with Crippen LogP contribution in [0.1, 0.15) is 40.5 Å². The Morgan fingerprint density at radius 1 is 1.00 bits per heavy atom. The van der Waals surface area contributed by atoms with Gasteiger partial charge in [-0.1, -0.05) is 42.1 Å². The molecule has 166 valence electrons. The highest BCUT2D eigenvalue weighted by Gasteiger charge is 2.31. The van der Waals surface area contributed by atoms with Crippen LogP contribution in [0.15, 0.2) is 84.0 Å². The summed E-state index contributed by atoms with van der Waals surface area (Å²) in [6.07, 6.45) is 2.35. The average Bonchev–Trinajstić information content (AvgIpc) is 3.63. The second-order valence-corrected chi connectivity index (χ2v) is 8.90. The first-order chi connectivity index (χ1) is 16.2. The van der Waals surface area contributed by atoms with Crippen LogP contribution in [0.3, 0.4) is 0 Å². The number of nitrogens with one attached hydrogen (secondary N) is 1. The summed E-state index contributed by atoms with van der Waals surface area (Å²) in [4.78, 5) is 12.6. The molecule has 0 unspecified atom stereocenters. The number of aromatic nitrogens is 3. The number of carbonyl (C=O) groups is 1. The van der Waals surface area contributed by atoms with Gasteiger partial charge in [0.05, 0.1) is 7.11 Å². The van der Waals surface area contributed by atoms with Crippen molar-refractivity contribution >= 4 is 23.4 Å². The fourth-order valence-electron chi connectivity index (χ4n) is 3.58. The second kappa shape index (κ2) is 9.50. The van der Waals surface area contributed by atoms with E-state index in [9.17, 15) is 4.79 Å². The first-order valence-corrected chi connectivity index (χ1v) is 11.9. The third kappa shape index (κ3) is 4.93. The zero-order valence-corrected chi connectivity index (χ0v) is 19.1. The normalized spacial score (nSPS) is 13.0. The monoisotopic (exact) mass is 456 g/mol. The average molecular weight is 457 g/mol. The van der Waals surface area contributed by atoms with Gasteiger partial charge in [-0.25, -0.2) is 0 Å². The zero-order valence-electron chi connectivity index (χ0n) is 18.3. The minimum Gasteiger partial charge on any atom is -0.497 e. The molecule has 33 heavy (non-hydrogen) atoms. The lowest BCUT2D eigenvalue weighted by Gasteiger charge is -2.10. The Morgan fingerprint density at radius 3 is 2.39 bits per heavy atom. The van der Waals surface area contributed by atoms with Gasteiger partial charge >= 0.3 is 0 Å². The Hall–Kier alpha value is -3.58. The van der Waals surface area contributed by atoms with Crippen molar-refractivity contribution < 1.29 is 9.53 Å². The fraction of sp³-hybridized carbons (Fsp3) is 0.192. The van der Waals surface area contributed by atoms with Crippen molar-refractivity contribution in [3.63, 3.8) is 0 Å². The van der Waals surface area contributed by atoms with Crippen LogP contribution >= 0.6 is 11.8 Å². The van der Waals surface area contributed by atoms with E-state index in [0.29, 0.717) is 11.5 Å². The fourth-order valence-corrected chi connectivity index (χ4v) is 4.49. The summed E-state index contributed by atoms with van der Waals surface area (Å²) in [5.74, 6) is 2.92. The Kier molecular flexibility index (Phi) is 6.13. The van der Waals surface area contributed by atoms with E-state index in [1.807, 2.05) is 66.7 Å². The van der Waals surface area contributed by atoms with Crippen molar-refractivity contribution in [2.75, 3.05) is 12.4 Å². The molecule has 0 bridgehead atoms. The molecule has 0 aliphatic heterocycles.